The Bertz CT molecular complexity index is 1420. The van der Waals surface area contributed by atoms with E-state index in [1.165, 1.54) is 6.07 Å². The van der Waals surface area contributed by atoms with E-state index in [0.717, 1.165) is 0 Å². The smallest absolute Gasteiger partial charge is 0.340 e. The minimum Gasteiger partial charge on any atom is -0.508 e. The second-order valence-electron chi connectivity index (χ2n) is 8.42. The Morgan fingerprint density at radius 2 is 1.78 bits per heavy atom. The van der Waals surface area contributed by atoms with Crippen molar-refractivity contribution in [1.29, 1.82) is 0 Å². The van der Waals surface area contributed by atoms with Crippen LogP contribution in [-0.2, 0) is 15.1 Å². The summed E-state index contributed by atoms with van der Waals surface area (Å²) in [6.07, 6.45) is 2.71. The molecule has 0 bridgehead atoms. The van der Waals surface area contributed by atoms with Crippen molar-refractivity contribution in [3.8, 4) is 23.0 Å². The van der Waals surface area contributed by atoms with Gasteiger partial charge in [-0.3, -0.25) is 4.79 Å². The maximum Gasteiger partial charge on any atom is 0.340 e. The quantitative estimate of drug-likeness (QED) is 0.537. The van der Waals surface area contributed by atoms with Crippen LogP contribution in [0.1, 0.15) is 45.5 Å². The molecular formula is C26H16O6. The number of rotatable bonds is 0. The van der Waals surface area contributed by atoms with Crippen molar-refractivity contribution in [3.63, 3.8) is 0 Å². The van der Waals surface area contributed by atoms with E-state index in [4.69, 9.17) is 14.2 Å². The normalized spacial score (nSPS) is 23.8. The molecule has 2 atom stereocenters. The van der Waals surface area contributed by atoms with Crippen LogP contribution in [0.2, 0.25) is 0 Å². The third kappa shape index (κ3) is 2.04. The van der Waals surface area contributed by atoms with Crippen LogP contribution in [0.15, 0.2) is 60.2 Å². The third-order valence-electron chi connectivity index (χ3n) is 6.74. The summed E-state index contributed by atoms with van der Waals surface area (Å²) in [6, 6.07) is 15.8. The Morgan fingerprint density at radius 3 is 2.69 bits per heavy atom. The number of ketones is 1. The van der Waals surface area contributed by atoms with E-state index in [1.807, 2.05) is 30.3 Å². The van der Waals surface area contributed by atoms with Crippen LogP contribution in [0, 0.1) is 0 Å². The molecule has 6 nitrogen and oxygen atoms in total. The Labute approximate surface area is 182 Å². The molecule has 1 fully saturated rings. The number of carbonyl (C=O) groups is 2. The number of hydrogen-bond donors (Lipinski definition) is 1. The van der Waals surface area contributed by atoms with Gasteiger partial charge in [0.05, 0.1) is 11.1 Å². The van der Waals surface area contributed by atoms with Gasteiger partial charge in [0, 0.05) is 34.8 Å². The van der Waals surface area contributed by atoms with Gasteiger partial charge in [-0.15, -0.1) is 0 Å². The lowest BCUT2D eigenvalue weighted by molar-refractivity contribution is -0.114. The lowest BCUT2D eigenvalue weighted by Gasteiger charge is -2.38. The summed E-state index contributed by atoms with van der Waals surface area (Å²) in [5, 5.41) is 10.1. The topological polar surface area (TPSA) is 82.1 Å². The zero-order valence-electron chi connectivity index (χ0n) is 16.8. The molecule has 1 spiro atoms. The van der Waals surface area contributed by atoms with Crippen LogP contribution in [0.3, 0.4) is 0 Å². The average molecular weight is 424 g/mol. The molecule has 2 unspecified atom stereocenters. The number of phenols is 1. The van der Waals surface area contributed by atoms with Crippen molar-refractivity contribution in [3.05, 3.63) is 88.0 Å². The van der Waals surface area contributed by atoms with Gasteiger partial charge in [-0.2, -0.15) is 0 Å². The predicted molar refractivity (Wildman–Crippen MR) is 113 cm³/mol. The first kappa shape index (κ1) is 17.6. The van der Waals surface area contributed by atoms with E-state index in [9.17, 15) is 14.7 Å². The first-order valence-electron chi connectivity index (χ1n) is 10.5. The number of hydrogen-bond acceptors (Lipinski definition) is 6. The van der Waals surface area contributed by atoms with Gasteiger partial charge in [-0.05, 0) is 42.8 Å². The predicted octanol–water partition coefficient (Wildman–Crippen LogP) is 4.47. The monoisotopic (exact) mass is 424 g/mol. The van der Waals surface area contributed by atoms with Crippen molar-refractivity contribution in [2.45, 2.75) is 24.5 Å². The first-order valence-corrected chi connectivity index (χ1v) is 10.5. The standard InChI is InChI=1S/C26H16O6/c27-13-5-6-18-23(11-13)31-24-16-12-15-20(28)8-10-21(15)30-22(16)9-7-19(24)26(18)17-4-2-1-3-14(17)25(29)32-26/h1-7,9,11-12,21,27H,8,10H2. The second kappa shape index (κ2) is 5.79. The van der Waals surface area contributed by atoms with Crippen LogP contribution in [0.25, 0.3) is 6.08 Å². The first-order chi connectivity index (χ1) is 15.6. The van der Waals surface area contributed by atoms with E-state index >= 15 is 0 Å². The number of ether oxygens (including phenoxy) is 3. The Balaban J connectivity index is 1.56. The van der Waals surface area contributed by atoms with Crippen LogP contribution < -0.4 is 9.47 Å². The minimum absolute atomic E-state index is 0.0328. The van der Waals surface area contributed by atoms with E-state index in [1.54, 1.807) is 24.3 Å². The number of benzene rings is 3. The Kier molecular flexibility index (Phi) is 3.19. The maximum atomic E-state index is 12.9. The highest BCUT2D eigenvalue weighted by molar-refractivity contribution is 6.04. The molecule has 7 rings (SSSR count). The van der Waals surface area contributed by atoms with Crippen molar-refractivity contribution in [2.24, 2.45) is 0 Å². The summed E-state index contributed by atoms with van der Waals surface area (Å²) in [5.41, 5.74) is 2.51. The summed E-state index contributed by atoms with van der Waals surface area (Å²) in [4.78, 5) is 25.3. The molecule has 0 saturated heterocycles. The largest absolute Gasteiger partial charge is 0.508 e. The van der Waals surface area contributed by atoms with Gasteiger partial charge in [0.2, 0.25) is 0 Å². The molecule has 156 valence electrons. The molecule has 3 aliphatic heterocycles. The third-order valence-corrected chi connectivity index (χ3v) is 6.74. The fraction of sp³-hybridized carbons (Fsp3) is 0.154. The highest BCUT2D eigenvalue weighted by Gasteiger charge is 2.54. The van der Waals surface area contributed by atoms with Gasteiger partial charge in [0.25, 0.3) is 0 Å². The van der Waals surface area contributed by atoms with E-state index in [2.05, 4.69) is 0 Å². The number of phenolic OH excluding ortho intramolecular Hbond substituents is 1. The van der Waals surface area contributed by atoms with Gasteiger partial charge in [0.1, 0.15) is 29.1 Å². The van der Waals surface area contributed by atoms with Crippen LogP contribution in [0.4, 0.5) is 0 Å². The highest BCUT2D eigenvalue weighted by atomic mass is 16.6. The number of esters is 1. The van der Waals surface area contributed by atoms with E-state index < -0.39 is 11.6 Å². The van der Waals surface area contributed by atoms with E-state index in [-0.39, 0.29) is 17.6 Å². The lowest BCUT2D eigenvalue weighted by atomic mass is 9.76. The van der Waals surface area contributed by atoms with Gasteiger partial charge in [-0.1, -0.05) is 18.2 Å². The molecule has 0 amide bonds. The number of Topliss-reactive ketones (excluding diaryl/α,β-unsaturated/α-hetero) is 1. The molecule has 0 aromatic heterocycles. The number of carbonyl (C=O) groups excluding carboxylic acids is 2. The molecule has 32 heavy (non-hydrogen) atoms. The molecule has 3 aromatic rings. The van der Waals surface area contributed by atoms with Crippen LogP contribution in [-0.4, -0.2) is 23.0 Å². The second-order valence-corrected chi connectivity index (χ2v) is 8.42. The highest BCUT2D eigenvalue weighted by Crippen LogP contribution is 2.59. The van der Waals surface area contributed by atoms with Crippen LogP contribution >= 0.6 is 0 Å². The molecule has 1 saturated carbocycles. The summed E-state index contributed by atoms with van der Waals surface area (Å²) in [5.74, 6) is 1.13. The van der Waals surface area contributed by atoms with E-state index in [0.29, 0.717) is 63.5 Å². The molecule has 1 aliphatic carbocycles. The molecule has 6 heteroatoms. The van der Waals surface area contributed by atoms with Crippen molar-refractivity contribution in [1.82, 2.24) is 0 Å². The van der Waals surface area contributed by atoms with Crippen molar-refractivity contribution >= 4 is 17.8 Å². The molecule has 0 radical (unpaired) electrons. The number of aromatic hydroxyl groups is 1. The Hall–Kier alpha value is -4.06. The van der Waals surface area contributed by atoms with Gasteiger partial charge < -0.3 is 19.3 Å². The fourth-order valence-corrected chi connectivity index (χ4v) is 5.31. The maximum absolute atomic E-state index is 12.9. The SMILES string of the molecule is O=C1CCC2Oc3ccc4c(c3C=C12)Oc1cc(O)ccc1C41OC(=O)c2ccccc21. The zero-order valence-corrected chi connectivity index (χ0v) is 16.8. The van der Waals surface area contributed by atoms with Crippen molar-refractivity contribution in [2.75, 3.05) is 0 Å². The molecule has 3 aromatic carbocycles. The van der Waals surface area contributed by atoms with Gasteiger partial charge >= 0.3 is 5.97 Å². The summed E-state index contributed by atoms with van der Waals surface area (Å²) in [7, 11) is 0. The Morgan fingerprint density at radius 1 is 0.938 bits per heavy atom. The molecular weight excluding hydrogens is 408 g/mol. The molecule has 4 aliphatic rings. The summed E-state index contributed by atoms with van der Waals surface area (Å²) < 4.78 is 18.5. The van der Waals surface area contributed by atoms with Crippen LogP contribution in [0.5, 0.6) is 23.0 Å². The fourth-order valence-electron chi connectivity index (χ4n) is 5.31. The average Bonchev–Trinajstić information content (AvgIpc) is 3.30. The summed E-state index contributed by atoms with van der Waals surface area (Å²) >= 11 is 0. The van der Waals surface area contributed by atoms with Gasteiger partial charge in [0.15, 0.2) is 11.4 Å². The summed E-state index contributed by atoms with van der Waals surface area (Å²) in [6.45, 7) is 0. The van der Waals surface area contributed by atoms with Gasteiger partial charge in [-0.25, -0.2) is 4.79 Å². The molecule has 3 heterocycles. The lowest BCUT2D eigenvalue weighted by Crippen LogP contribution is -2.33. The molecule has 1 N–H and O–H groups in total. The minimum atomic E-state index is -1.23. The number of fused-ring (bicyclic) bond motifs is 9. The van der Waals surface area contributed by atoms with Crippen molar-refractivity contribution < 1.29 is 28.9 Å². The zero-order chi connectivity index (χ0) is 21.6.